The molecule has 0 aromatic heterocycles. The molecule has 1 N–H and O–H groups in total. The van der Waals surface area contributed by atoms with Gasteiger partial charge >= 0.3 is 6.18 Å². The predicted molar refractivity (Wildman–Crippen MR) is 72.1 cm³/mol. The van der Waals surface area contributed by atoms with E-state index in [-0.39, 0.29) is 24.3 Å². The molecule has 0 heterocycles. The largest absolute Gasteiger partial charge is 0.391 e. The molecule has 2 nitrogen and oxygen atoms in total. The zero-order valence-corrected chi connectivity index (χ0v) is 12.9. The van der Waals surface area contributed by atoms with Crippen LogP contribution in [0.5, 0.6) is 0 Å². The number of rotatable bonds is 4. The number of nitrogens with one attached hydrogen (secondary N) is 1. The SMILES string of the molecule is CC(C)(CCBr)NC(=O)C1CCCC(C(F)(F)F)C1. The molecule has 0 radical (unpaired) electrons. The van der Waals surface area contributed by atoms with Crippen molar-refractivity contribution in [1.82, 2.24) is 5.32 Å². The maximum atomic E-state index is 12.7. The third-order valence-electron chi connectivity index (χ3n) is 3.69. The third kappa shape index (κ3) is 5.32. The van der Waals surface area contributed by atoms with Gasteiger partial charge in [0.05, 0.1) is 5.92 Å². The van der Waals surface area contributed by atoms with Crippen LogP contribution in [0.25, 0.3) is 0 Å². The van der Waals surface area contributed by atoms with Gasteiger partial charge in [-0.15, -0.1) is 0 Å². The van der Waals surface area contributed by atoms with Crippen LogP contribution in [0.15, 0.2) is 0 Å². The number of carbonyl (C=O) groups is 1. The average Bonchev–Trinajstić information content (AvgIpc) is 2.27. The van der Waals surface area contributed by atoms with Crippen LogP contribution in [-0.2, 0) is 4.79 Å². The number of hydrogen-bond acceptors (Lipinski definition) is 1. The van der Waals surface area contributed by atoms with E-state index in [0.717, 1.165) is 11.8 Å². The molecule has 1 rings (SSSR count). The summed E-state index contributed by atoms with van der Waals surface area (Å²) in [6, 6.07) is 0. The highest BCUT2D eigenvalue weighted by atomic mass is 79.9. The zero-order chi connectivity index (χ0) is 14.7. The highest BCUT2D eigenvalue weighted by molar-refractivity contribution is 9.09. The smallest absolute Gasteiger partial charge is 0.351 e. The molecular weight excluding hydrogens is 323 g/mol. The summed E-state index contributed by atoms with van der Waals surface area (Å²) in [7, 11) is 0. The van der Waals surface area contributed by atoms with Gasteiger partial charge in [0, 0.05) is 16.8 Å². The van der Waals surface area contributed by atoms with Gasteiger partial charge in [-0.05, 0) is 39.5 Å². The first kappa shape index (κ1) is 16.8. The van der Waals surface area contributed by atoms with Crippen LogP contribution in [0.1, 0.15) is 46.0 Å². The molecule has 0 bridgehead atoms. The minimum Gasteiger partial charge on any atom is -0.351 e. The monoisotopic (exact) mass is 343 g/mol. The van der Waals surface area contributed by atoms with Crippen molar-refractivity contribution in [2.45, 2.75) is 57.7 Å². The summed E-state index contributed by atoms with van der Waals surface area (Å²) in [5, 5.41) is 3.61. The molecule has 1 aliphatic carbocycles. The molecule has 1 aliphatic rings. The van der Waals surface area contributed by atoms with E-state index in [2.05, 4.69) is 21.2 Å². The standard InChI is InChI=1S/C13H21BrF3NO/c1-12(2,6-7-14)18-11(19)9-4-3-5-10(8-9)13(15,16)17/h9-10H,3-8H2,1-2H3,(H,18,19). The van der Waals surface area contributed by atoms with Crippen LogP contribution < -0.4 is 5.32 Å². The van der Waals surface area contributed by atoms with Gasteiger partial charge in [-0.25, -0.2) is 0 Å². The van der Waals surface area contributed by atoms with E-state index in [1.165, 1.54) is 0 Å². The van der Waals surface area contributed by atoms with Crippen molar-refractivity contribution in [3.63, 3.8) is 0 Å². The Labute approximate surface area is 120 Å². The quantitative estimate of drug-likeness (QED) is 0.767. The molecule has 2 unspecified atom stereocenters. The molecule has 19 heavy (non-hydrogen) atoms. The number of hydrogen-bond donors (Lipinski definition) is 1. The summed E-state index contributed by atoms with van der Waals surface area (Å²) in [6.45, 7) is 3.77. The molecule has 0 aromatic carbocycles. The van der Waals surface area contributed by atoms with Crippen molar-refractivity contribution in [3.05, 3.63) is 0 Å². The Kier molecular flexibility index (Phi) is 5.71. The summed E-state index contributed by atoms with van der Waals surface area (Å²) < 4.78 is 38.1. The molecule has 112 valence electrons. The van der Waals surface area contributed by atoms with Crippen molar-refractivity contribution in [2.24, 2.45) is 11.8 Å². The molecule has 0 saturated heterocycles. The summed E-state index contributed by atoms with van der Waals surface area (Å²) in [5.74, 6) is -2.06. The van der Waals surface area contributed by atoms with Crippen molar-refractivity contribution < 1.29 is 18.0 Å². The third-order valence-corrected chi connectivity index (χ3v) is 4.09. The molecule has 0 aromatic rings. The van der Waals surface area contributed by atoms with Gasteiger partial charge in [0.15, 0.2) is 0 Å². The summed E-state index contributed by atoms with van der Waals surface area (Å²) in [6.07, 6.45) is -2.32. The van der Waals surface area contributed by atoms with E-state index in [1.54, 1.807) is 0 Å². The van der Waals surface area contributed by atoms with Crippen LogP contribution in [-0.4, -0.2) is 23.0 Å². The Bertz CT molecular complexity index is 318. The van der Waals surface area contributed by atoms with Crippen LogP contribution >= 0.6 is 15.9 Å². The van der Waals surface area contributed by atoms with Gasteiger partial charge in [0.25, 0.3) is 0 Å². The van der Waals surface area contributed by atoms with Crippen molar-refractivity contribution in [1.29, 1.82) is 0 Å². The van der Waals surface area contributed by atoms with E-state index in [9.17, 15) is 18.0 Å². The second-order valence-corrected chi connectivity index (χ2v) is 6.71. The maximum Gasteiger partial charge on any atom is 0.391 e. The van der Waals surface area contributed by atoms with Crippen LogP contribution in [0.4, 0.5) is 13.2 Å². The fourth-order valence-corrected chi connectivity index (χ4v) is 3.45. The van der Waals surface area contributed by atoms with E-state index in [0.29, 0.717) is 12.8 Å². The lowest BCUT2D eigenvalue weighted by Crippen LogP contribution is -2.47. The second-order valence-electron chi connectivity index (χ2n) is 5.91. The lowest BCUT2D eigenvalue weighted by Gasteiger charge is -2.33. The molecular formula is C13H21BrF3NO. The molecule has 1 fully saturated rings. The van der Waals surface area contributed by atoms with Gasteiger partial charge in [-0.3, -0.25) is 4.79 Å². The number of carbonyl (C=O) groups excluding carboxylic acids is 1. The molecule has 0 aliphatic heterocycles. The zero-order valence-electron chi connectivity index (χ0n) is 11.3. The Morgan fingerprint density at radius 3 is 2.47 bits per heavy atom. The fraction of sp³-hybridized carbons (Fsp3) is 0.923. The summed E-state index contributed by atoms with van der Waals surface area (Å²) in [4.78, 5) is 12.1. The van der Waals surface area contributed by atoms with E-state index in [4.69, 9.17) is 0 Å². The molecule has 2 atom stereocenters. The van der Waals surface area contributed by atoms with Gasteiger partial charge in [0.1, 0.15) is 0 Å². The van der Waals surface area contributed by atoms with Gasteiger partial charge in [0.2, 0.25) is 5.91 Å². The van der Waals surface area contributed by atoms with Crippen molar-refractivity contribution in [3.8, 4) is 0 Å². The maximum absolute atomic E-state index is 12.7. The normalized spacial score (nSPS) is 25.2. The first-order valence-corrected chi connectivity index (χ1v) is 7.72. The second kappa shape index (κ2) is 6.46. The van der Waals surface area contributed by atoms with Gasteiger partial charge in [-0.2, -0.15) is 13.2 Å². The van der Waals surface area contributed by atoms with Crippen molar-refractivity contribution in [2.75, 3.05) is 5.33 Å². The van der Waals surface area contributed by atoms with E-state index < -0.39 is 18.0 Å². The summed E-state index contributed by atoms with van der Waals surface area (Å²) >= 11 is 3.31. The average molecular weight is 344 g/mol. The minimum atomic E-state index is -4.18. The molecule has 6 heteroatoms. The molecule has 1 amide bonds. The highest BCUT2D eigenvalue weighted by Crippen LogP contribution is 2.40. The number of halogens is 4. The molecule has 0 spiro atoms. The Balaban J connectivity index is 2.58. The minimum absolute atomic E-state index is 0.0697. The lowest BCUT2D eigenvalue weighted by atomic mass is 9.80. The Hall–Kier alpha value is -0.260. The van der Waals surface area contributed by atoms with E-state index in [1.807, 2.05) is 13.8 Å². The van der Waals surface area contributed by atoms with Crippen LogP contribution in [0.2, 0.25) is 0 Å². The number of alkyl halides is 4. The van der Waals surface area contributed by atoms with E-state index >= 15 is 0 Å². The Morgan fingerprint density at radius 1 is 1.32 bits per heavy atom. The topological polar surface area (TPSA) is 29.1 Å². The molecule has 1 saturated carbocycles. The highest BCUT2D eigenvalue weighted by Gasteiger charge is 2.43. The lowest BCUT2D eigenvalue weighted by molar-refractivity contribution is -0.186. The first-order chi connectivity index (χ1) is 8.65. The van der Waals surface area contributed by atoms with Crippen molar-refractivity contribution >= 4 is 21.8 Å². The van der Waals surface area contributed by atoms with Crippen LogP contribution in [0.3, 0.4) is 0 Å². The Morgan fingerprint density at radius 2 is 1.95 bits per heavy atom. The first-order valence-electron chi connectivity index (χ1n) is 6.60. The predicted octanol–water partition coefficient (Wildman–Crippen LogP) is 4.03. The van der Waals surface area contributed by atoms with Crippen LogP contribution in [0, 0.1) is 11.8 Å². The van der Waals surface area contributed by atoms with Gasteiger partial charge < -0.3 is 5.32 Å². The fourth-order valence-electron chi connectivity index (χ4n) is 2.46. The van der Waals surface area contributed by atoms with Gasteiger partial charge in [-0.1, -0.05) is 22.4 Å². The number of amides is 1. The summed E-state index contributed by atoms with van der Waals surface area (Å²) in [5.41, 5.74) is -0.383.